The Labute approximate surface area is 115 Å². The minimum atomic E-state index is -0.690. The highest BCUT2D eigenvalue weighted by molar-refractivity contribution is 5.95. The number of nitrogens with one attached hydrogen (secondary N) is 1. The van der Waals surface area contributed by atoms with Gasteiger partial charge >= 0.3 is 5.97 Å². The molecule has 0 aliphatic heterocycles. The highest BCUT2D eigenvalue weighted by Gasteiger charge is 2.13. The van der Waals surface area contributed by atoms with Crippen LogP contribution in [0.5, 0.6) is 5.75 Å². The van der Waals surface area contributed by atoms with Gasteiger partial charge in [0.1, 0.15) is 5.75 Å². The molecule has 2 aromatic rings. The number of anilines is 1. The summed E-state index contributed by atoms with van der Waals surface area (Å²) in [5.41, 5.74) is 0.508. The number of hydrogen-bond donors (Lipinski definition) is 1. The Hall–Kier alpha value is -2.76. The van der Waals surface area contributed by atoms with Gasteiger partial charge in [-0.3, -0.25) is 4.79 Å². The number of furan rings is 1. The third kappa shape index (κ3) is 3.38. The van der Waals surface area contributed by atoms with Gasteiger partial charge in [0, 0.05) is 0 Å². The number of para-hydroxylation sites is 2. The predicted molar refractivity (Wildman–Crippen MR) is 70.6 cm³/mol. The zero-order valence-electron chi connectivity index (χ0n) is 10.8. The lowest BCUT2D eigenvalue weighted by Gasteiger charge is -2.09. The molecular formula is C14H13NO5. The second kappa shape index (κ2) is 6.42. The molecule has 0 saturated carbocycles. The maximum atomic E-state index is 11.7. The molecule has 104 valence electrons. The number of rotatable bonds is 5. The van der Waals surface area contributed by atoms with Gasteiger partial charge in [-0.1, -0.05) is 12.1 Å². The first kappa shape index (κ1) is 13.7. The summed E-state index contributed by atoms with van der Waals surface area (Å²) in [6, 6.07) is 9.96. The summed E-state index contributed by atoms with van der Waals surface area (Å²) in [5, 5.41) is 2.59. The van der Waals surface area contributed by atoms with Crippen LogP contribution in [-0.4, -0.2) is 25.6 Å². The average Bonchev–Trinajstić information content (AvgIpc) is 2.99. The van der Waals surface area contributed by atoms with Crippen LogP contribution in [-0.2, 0) is 9.53 Å². The third-order valence-corrected chi connectivity index (χ3v) is 2.44. The van der Waals surface area contributed by atoms with E-state index in [-0.39, 0.29) is 5.76 Å². The first-order chi connectivity index (χ1) is 9.70. The van der Waals surface area contributed by atoms with Gasteiger partial charge in [-0.05, 0) is 24.3 Å². The summed E-state index contributed by atoms with van der Waals surface area (Å²) in [7, 11) is 1.50. The van der Waals surface area contributed by atoms with Gasteiger partial charge in [-0.15, -0.1) is 0 Å². The van der Waals surface area contributed by atoms with Crippen molar-refractivity contribution in [2.24, 2.45) is 0 Å². The summed E-state index contributed by atoms with van der Waals surface area (Å²) < 4.78 is 14.8. The number of carbonyl (C=O) groups is 2. The van der Waals surface area contributed by atoms with Crippen LogP contribution in [0.1, 0.15) is 10.6 Å². The van der Waals surface area contributed by atoms with Crippen molar-refractivity contribution in [2.45, 2.75) is 0 Å². The molecule has 0 fully saturated rings. The van der Waals surface area contributed by atoms with Crippen molar-refractivity contribution in [1.29, 1.82) is 0 Å². The summed E-state index contributed by atoms with van der Waals surface area (Å²) in [6.45, 7) is -0.405. The van der Waals surface area contributed by atoms with Crippen LogP contribution < -0.4 is 10.1 Å². The van der Waals surface area contributed by atoms with Gasteiger partial charge in [0.2, 0.25) is 5.76 Å². The van der Waals surface area contributed by atoms with Crippen molar-refractivity contribution in [1.82, 2.24) is 0 Å². The van der Waals surface area contributed by atoms with Crippen molar-refractivity contribution in [3.63, 3.8) is 0 Å². The minimum absolute atomic E-state index is 0.0510. The molecule has 1 aromatic carbocycles. The normalized spacial score (nSPS) is 9.85. The maximum Gasteiger partial charge on any atom is 0.374 e. The van der Waals surface area contributed by atoms with E-state index in [1.165, 1.54) is 19.4 Å². The molecule has 0 atom stereocenters. The van der Waals surface area contributed by atoms with Crippen LogP contribution in [0.4, 0.5) is 5.69 Å². The van der Waals surface area contributed by atoms with E-state index in [1.807, 2.05) is 0 Å². The van der Waals surface area contributed by atoms with E-state index in [0.29, 0.717) is 11.4 Å². The van der Waals surface area contributed by atoms with Crippen molar-refractivity contribution in [3.8, 4) is 5.75 Å². The molecule has 1 N–H and O–H groups in total. The lowest BCUT2D eigenvalue weighted by Crippen LogP contribution is -2.21. The number of benzene rings is 1. The Kier molecular flexibility index (Phi) is 4.39. The number of esters is 1. The molecular weight excluding hydrogens is 262 g/mol. The predicted octanol–water partition coefficient (Wildman–Crippen LogP) is 2.08. The molecule has 0 bridgehead atoms. The van der Waals surface area contributed by atoms with Crippen molar-refractivity contribution < 1.29 is 23.5 Å². The summed E-state index contributed by atoms with van der Waals surface area (Å²) in [6.07, 6.45) is 1.35. The first-order valence-electron chi connectivity index (χ1n) is 5.84. The third-order valence-electron chi connectivity index (χ3n) is 2.44. The molecule has 1 aromatic heterocycles. The fraction of sp³-hybridized carbons (Fsp3) is 0.143. The lowest BCUT2D eigenvalue weighted by molar-refractivity contribution is -0.119. The second-order valence-electron chi connectivity index (χ2n) is 3.80. The molecule has 0 aliphatic carbocycles. The standard InChI is InChI=1S/C14H13NO5/c1-18-11-6-3-2-5-10(11)15-13(16)9-20-14(17)12-7-4-8-19-12/h2-8H,9H2,1H3,(H,15,16). The Morgan fingerprint density at radius 1 is 1.20 bits per heavy atom. The number of amides is 1. The van der Waals surface area contributed by atoms with Crippen LogP contribution in [0, 0.1) is 0 Å². The Bertz CT molecular complexity index is 591. The highest BCUT2D eigenvalue weighted by Crippen LogP contribution is 2.22. The quantitative estimate of drug-likeness (QED) is 0.845. The fourth-order valence-corrected chi connectivity index (χ4v) is 1.53. The maximum absolute atomic E-state index is 11.7. The van der Waals surface area contributed by atoms with E-state index in [9.17, 15) is 9.59 Å². The SMILES string of the molecule is COc1ccccc1NC(=O)COC(=O)c1ccco1. The smallest absolute Gasteiger partial charge is 0.374 e. The summed E-state index contributed by atoms with van der Waals surface area (Å²) in [5.74, 6) is -0.576. The molecule has 6 nitrogen and oxygen atoms in total. The Morgan fingerprint density at radius 3 is 2.70 bits per heavy atom. The van der Waals surface area contributed by atoms with Gasteiger partial charge in [0.05, 0.1) is 19.1 Å². The average molecular weight is 275 g/mol. The Morgan fingerprint density at radius 2 is 2.00 bits per heavy atom. The zero-order chi connectivity index (χ0) is 14.4. The van der Waals surface area contributed by atoms with Crippen molar-refractivity contribution in [3.05, 3.63) is 48.4 Å². The van der Waals surface area contributed by atoms with E-state index in [0.717, 1.165) is 0 Å². The molecule has 1 amide bonds. The zero-order valence-corrected chi connectivity index (χ0v) is 10.8. The topological polar surface area (TPSA) is 77.8 Å². The fourth-order valence-electron chi connectivity index (χ4n) is 1.53. The van der Waals surface area contributed by atoms with Gasteiger partial charge in [0.15, 0.2) is 6.61 Å². The van der Waals surface area contributed by atoms with Crippen LogP contribution >= 0.6 is 0 Å². The van der Waals surface area contributed by atoms with Gasteiger partial charge < -0.3 is 19.2 Å². The first-order valence-corrected chi connectivity index (χ1v) is 5.84. The van der Waals surface area contributed by atoms with E-state index in [1.54, 1.807) is 30.3 Å². The number of carbonyl (C=O) groups excluding carboxylic acids is 2. The second-order valence-corrected chi connectivity index (χ2v) is 3.80. The van der Waals surface area contributed by atoms with Gasteiger partial charge in [0.25, 0.3) is 5.91 Å². The van der Waals surface area contributed by atoms with Crippen molar-refractivity contribution >= 4 is 17.6 Å². The molecule has 0 unspecified atom stereocenters. The number of methoxy groups -OCH3 is 1. The van der Waals surface area contributed by atoms with E-state index < -0.39 is 18.5 Å². The molecule has 20 heavy (non-hydrogen) atoms. The van der Waals surface area contributed by atoms with E-state index in [2.05, 4.69) is 5.32 Å². The molecule has 0 spiro atoms. The molecule has 2 rings (SSSR count). The molecule has 0 aliphatic rings. The van der Waals surface area contributed by atoms with E-state index in [4.69, 9.17) is 13.9 Å². The largest absolute Gasteiger partial charge is 0.495 e. The van der Waals surface area contributed by atoms with Crippen LogP contribution in [0.15, 0.2) is 47.1 Å². The van der Waals surface area contributed by atoms with Crippen LogP contribution in [0.3, 0.4) is 0 Å². The Balaban J connectivity index is 1.88. The van der Waals surface area contributed by atoms with Crippen molar-refractivity contribution in [2.75, 3.05) is 19.0 Å². The van der Waals surface area contributed by atoms with E-state index >= 15 is 0 Å². The number of ether oxygens (including phenoxy) is 2. The highest BCUT2D eigenvalue weighted by atomic mass is 16.5. The van der Waals surface area contributed by atoms with Crippen LogP contribution in [0.2, 0.25) is 0 Å². The van der Waals surface area contributed by atoms with Gasteiger partial charge in [-0.2, -0.15) is 0 Å². The summed E-state index contributed by atoms with van der Waals surface area (Å²) in [4.78, 5) is 23.1. The summed E-state index contributed by atoms with van der Waals surface area (Å²) >= 11 is 0. The monoisotopic (exact) mass is 275 g/mol. The van der Waals surface area contributed by atoms with Crippen LogP contribution in [0.25, 0.3) is 0 Å². The molecule has 6 heteroatoms. The molecule has 0 saturated heterocycles. The minimum Gasteiger partial charge on any atom is -0.495 e. The number of hydrogen-bond acceptors (Lipinski definition) is 5. The van der Waals surface area contributed by atoms with Gasteiger partial charge in [-0.25, -0.2) is 4.79 Å². The molecule has 0 radical (unpaired) electrons. The molecule has 1 heterocycles. The lowest BCUT2D eigenvalue weighted by atomic mass is 10.3.